The maximum atomic E-state index is 11.7. The number of aromatic nitrogens is 1. The first-order valence-electron chi connectivity index (χ1n) is 2.50. The zero-order valence-electron chi connectivity index (χ0n) is 5.07. The standard InChI is InChI=1S/C5H4F3NO/c1-3-2-4(10-9-3)5(6,7)8/h2H,1H3. The van der Waals surface area contributed by atoms with Crippen molar-refractivity contribution in [1.82, 2.24) is 5.16 Å². The van der Waals surface area contributed by atoms with Crippen LogP contribution in [0.15, 0.2) is 10.6 Å². The van der Waals surface area contributed by atoms with E-state index in [0.29, 0.717) is 0 Å². The van der Waals surface area contributed by atoms with E-state index in [1.165, 1.54) is 6.92 Å². The zero-order chi connectivity index (χ0) is 7.78. The van der Waals surface area contributed by atoms with E-state index in [1.807, 2.05) is 0 Å². The molecule has 0 aliphatic rings. The van der Waals surface area contributed by atoms with Gasteiger partial charge >= 0.3 is 6.18 Å². The third-order valence-electron chi connectivity index (χ3n) is 0.907. The minimum Gasteiger partial charge on any atom is -0.351 e. The SMILES string of the molecule is Cc1cc(C(F)(F)F)on1. The van der Waals surface area contributed by atoms with Crippen molar-refractivity contribution in [2.24, 2.45) is 0 Å². The molecule has 1 rings (SSSR count). The van der Waals surface area contributed by atoms with Gasteiger partial charge in [0, 0.05) is 6.07 Å². The normalized spacial score (nSPS) is 12.0. The van der Waals surface area contributed by atoms with Gasteiger partial charge in [0.2, 0.25) is 5.76 Å². The summed E-state index contributed by atoms with van der Waals surface area (Å²) in [7, 11) is 0. The van der Waals surface area contributed by atoms with Crippen molar-refractivity contribution in [3.05, 3.63) is 17.5 Å². The van der Waals surface area contributed by atoms with E-state index in [9.17, 15) is 13.2 Å². The van der Waals surface area contributed by atoms with Gasteiger partial charge in [0.1, 0.15) is 0 Å². The second kappa shape index (κ2) is 2.00. The van der Waals surface area contributed by atoms with Crippen LogP contribution < -0.4 is 0 Å². The molecular formula is C5H4F3NO. The Morgan fingerprint density at radius 2 is 2.10 bits per heavy atom. The van der Waals surface area contributed by atoms with Gasteiger partial charge in [-0.1, -0.05) is 5.16 Å². The summed E-state index contributed by atoms with van der Waals surface area (Å²) in [6.07, 6.45) is -4.42. The summed E-state index contributed by atoms with van der Waals surface area (Å²) in [5, 5.41) is 3.09. The largest absolute Gasteiger partial charge is 0.452 e. The molecule has 0 fully saturated rings. The monoisotopic (exact) mass is 151 g/mol. The highest BCUT2D eigenvalue weighted by atomic mass is 19.4. The van der Waals surface area contributed by atoms with Crippen LogP contribution in [0.3, 0.4) is 0 Å². The first-order valence-corrected chi connectivity index (χ1v) is 2.50. The number of alkyl halides is 3. The second-order valence-electron chi connectivity index (χ2n) is 1.83. The van der Waals surface area contributed by atoms with Gasteiger partial charge in [0.25, 0.3) is 0 Å². The van der Waals surface area contributed by atoms with Crippen molar-refractivity contribution in [3.8, 4) is 0 Å². The lowest BCUT2D eigenvalue weighted by atomic mass is 10.4. The lowest BCUT2D eigenvalue weighted by Crippen LogP contribution is -2.01. The molecule has 0 unspecified atom stereocenters. The van der Waals surface area contributed by atoms with Crippen molar-refractivity contribution < 1.29 is 17.7 Å². The molecule has 2 nitrogen and oxygen atoms in total. The van der Waals surface area contributed by atoms with Crippen LogP contribution >= 0.6 is 0 Å². The van der Waals surface area contributed by atoms with Crippen molar-refractivity contribution in [1.29, 1.82) is 0 Å². The third kappa shape index (κ3) is 1.29. The van der Waals surface area contributed by atoms with Crippen LogP contribution in [0, 0.1) is 6.92 Å². The van der Waals surface area contributed by atoms with E-state index in [4.69, 9.17) is 0 Å². The van der Waals surface area contributed by atoms with Crippen molar-refractivity contribution in [2.45, 2.75) is 13.1 Å². The first-order chi connectivity index (χ1) is 4.50. The quantitative estimate of drug-likeness (QED) is 0.566. The molecule has 0 saturated heterocycles. The average molecular weight is 151 g/mol. The first kappa shape index (κ1) is 7.11. The van der Waals surface area contributed by atoms with Crippen LogP contribution in [0.4, 0.5) is 13.2 Å². The molecule has 56 valence electrons. The molecule has 0 aromatic carbocycles. The van der Waals surface area contributed by atoms with Gasteiger partial charge in [-0.2, -0.15) is 13.2 Å². The summed E-state index contributed by atoms with van der Waals surface area (Å²) in [6.45, 7) is 1.43. The van der Waals surface area contributed by atoms with Gasteiger partial charge in [-0.15, -0.1) is 0 Å². The summed E-state index contributed by atoms with van der Waals surface area (Å²) >= 11 is 0. The molecule has 0 saturated carbocycles. The molecule has 1 aromatic rings. The van der Waals surface area contributed by atoms with E-state index < -0.39 is 11.9 Å². The molecule has 0 bridgehead atoms. The molecule has 0 N–H and O–H groups in total. The Balaban J connectivity index is 2.96. The highest BCUT2D eigenvalue weighted by molar-refractivity contribution is 5.05. The number of hydrogen-bond donors (Lipinski definition) is 0. The number of aryl methyl sites for hydroxylation is 1. The average Bonchev–Trinajstić information content (AvgIpc) is 2.11. The molecule has 5 heteroatoms. The number of halogens is 3. The van der Waals surface area contributed by atoms with E-state index in [0.717, 1.165) is 6.07 Å². The molecule has 1 aromatic heterocycles. The van der Waals surface area contributed by atoms with E-state index in [2.05, 4.69) is 9.68 Å². The summed E-state index contributed by atoms with van der Waals surface area (Å²) in [4.78, 5) is 0. The van der Waals surface area contributed by atoms with Crippen molar-refractivity contribution in [2.75, 3.05) is 0 Å². The Kier molecular flexibility index (Phi) is 1.42. The lowest BCUT2D eigenvalue weighted by molar-refractivity contribution is -0.155. The predicted molar refractivity (Wildman–Crippen MR) is 26.2 cm³/mol. The molecule has 0 amide bonds. The van der Waals surface area contributed by atoms with E-state index in [-0.39, 0.29) is 5.69 Å². The van der Waals surface area contributed by atoms with Crippen LogP contribution in [0.25, 0.3) is 0 Å². The van der Waals surface area contributed by atoms with Crippen LogP contribution in [-0.4, -0.2) is 5.16 Å². The topological polar surface area (TPSA) is 26.0 Å². The van der Waals surface area contributed by atoms with E-state index >= 15 is 0 Å². The third-order valence-corrected chi connectivity index (χ3v) is 0.907. The Hall–Kier alpha value is -1.00. The summed E-state index contributed by atoms with van der Waals surface area (Å²) < 4.78 is 39.0. The predicted octanol–water partition coefficient (Wildman–Crippen LogP) is 2.00. The fraction of sp³-hybridized carbons (Fsp3) is 0.400. The fourth-order valence-corrected chi connectivity index (χ4v) is 0.497. The lowest BCUT2D eigenvalue weighted by Gasteiger charge is -1.96. The van der Waals surface area contributed by atoms with Crippen molar-refractivity contribution >= 4 is 0 Å². The summed E-state index contributed by atoms with van der Waals surface area (Å²) in [6, 6.07) is 0.847. The molecule has 0 spiro atoms. The van der Waals surface area contributed by atoms with Gasteiger partial charge in [0.05, 0.1) is 5.69 Å². The van der Waals surface area contributed by atoms with Crippen LogP contribution in [0.2, 0.25) is 0 Å². The van der Waals surface area contributed by atoms with Gasteiger partial charge in [0.15, 0.2) is 0 Å². The Labute approximate surface area is 54.6 Å². The van der Waals surface area contributed by atoms with Crippen molar-refractivity contribution in [3.63, 3.8) is 0 Å². The maximum Gasteiger partial charge on any atom is 0.452 e. The number of hydrogen-bond acceptors (Lipinski definition) is 2. The smallest absolute Gasteiger partial charge is 0.351 e. The molecule has 0 aliphatic carbocycles. The minimum atomic E-state index is -4.42. The van der Waals surface area contributed by atoms with Gasteiger partial charge in [-0.05, 0) is 6.92 Å². The van der Waals surface area contributed by atoms with Crippen LogP contribution in [0.1, 0.15) is 11.5 Å². The summed E-state index contributed by atoms with van der Waals surface area (Å²) in [5.74, 6) is -1.05. The Morgan fingerprint density at radius 1 is 1.50 bits per heavy atom. The molecule has 0 radical (unpaired) electrons. The van der Waals surface area contributed by atoms with Crippen LogP contribution in [-0.2, 0) is 6.18 Å². The molecule has 10 heavy (non-hydrogen) atoms. The summed E-state index contributed by atoms with van der Waals surface area (Å²) in [5.41, 5.74) is 0.229. The number of nitrogens with zero attached hydrogens (tertiary/aromatic N) is 1. The highest BCUT2D eigenvalue weighted by Crippen LogP contribution is 2.29. The molecular weight excluding hydrogens is 147 g/mol. The second-order valence-corrected chi connectivity index (χ2v) is 1.83. The fourth-order valence-electron chi connectivity index (χ4n) is 0.497. The number of rotatable bonds is 0. The van der Waals surface area contributed by atoms with E-state index in [1.54, 1.807) is 0 Å². The minimum absolute atomic E-state index is 0.229. The molecule has 1 heterocycles. The molecule has 0 aliphatic heterocycles. The van der Waals surface area contributed by atoms with Gasteiger partial charge in [-0.25, -0.2) is 0 Å². The van der Waals surface area contributed by atoms with Gasteiger partial charge in [-0.3, -0.25) is 0 Å². The Morgan fingerprint density at radius 3 is 2.30 bits per heavy atom. The highest BCUT2D eigenvalue weighted by Gasteiger charge is 2.35. The Bertz CT molecular complexity index is 227. The molecule has 0 atom stereocenters. The maximum absolute atomic E-state index is 11.7. The zero-order valence-corrected chi connectivity index (χ0v) is 5.07. The van der Waals surface area contributed by atoms with Crippen LogP contribution in [0.5, 0.6) is 0 Å². The van der Waals surface area contributed by atoms with Gasteiger partial charge < -0.3 is 4.52 Å².